The SMILES string of the molecule is c1ccc(N(c2ccccc2)c2ccc(N(c3ccc(-n4c5ccccc5c5ccccc54)cc3)c3cc4ccccc4c4c3-c3c(ccc5ccccc35)C4(c3ccccc3)c3ccccc3)cc2)cc1. The third kappa shape index (κ3) is 6.38. The van der Waals surface area contributed by atoms with Gasteiger partial charge in [0.2, 0.25) is 0 Å². The predicted octanol–water partition coefficient (Wildman–Crippen LogP) is 18.4. The van der Waals surface area contributed by atoms with E-state index in [9.17, 15) is 0 Å². The van der Waals surface area contributed by atoms with Crippen LogP contribution in [0.3, 0.4) is 0 Å². The summed E-state index contributed by atoms with van der Waals surface area (Å²) in [6, 6.07) is 105. The van der Waals surface area contributed by atoms with E-state index in [0.717, 1.165) is 39.8 Å². The van der Waals surface area contributed by atoms with Crippen LogP contribution in [0.1, 0.15) is 22.3 Å². The Morgan fingerprint density at radius 2 is 0.708 bits per heavy atom. The van der Waals surface area contributed by atoms with Gasteiger partial charge < -0.3 is 14.4 Å². The Labute approximate surface area is 419 Å². The summed E-state index contributed by atoms with van der Waals surface area (Å²) in [5.74, 6) is 0. The summed E-state index contributed by atoms with van der Waals surface area (Å²) in [7, 11) is 0. The molecule has 0 radical (unpaired) electrons. The summed E-state index contributed by atoms with van der Waals surface area (Å²) < 4.78 is 2.40. The molecule has 0 spiro atoms. The van der Waals surface area contributed by atoms with Crippen molar-refractivity contribution in [2.45, 2.75) is 5.41 Å². The molecule has 1 aromatic heterocycles. The molecule has 338 valence electrons. The van der Waals surface area contributed by atoms with Gasteiger partial charge in [0, 0.05) is 50.5 Å². The average Bonchev–Trinajstić information content (AvgIpc) is 3.97. The van der Waals surface area contributed by atoms with Gasteiger partial charge in [-0.15, -0.1) is 0 Å². The largest absolute Gasteiger partial charge is 0.311 e. The Morgan fingerprint density at radius 3 is 1.26 bits per heavy atom. The van der Waals surface area contributed by atoms with Crippen molar-refractivity contribution in [1.29, 1.82) is 0 Å². The topological polar surface area (TPSA) is 11.4 Å². The molecule has 0 saturated carbocycles. The molecule has 12 aromatic carbocycles. The van der Waals surface area contributed by atoms with Crippen molar-refractivity contribution in [2.24, 2.45) is 0 Å². The zero-order chi connectivity index (χ0) is 47.6. The fraction of sp³-hybridized carbons (Fsp3) is 0.0145. The Bertz CT molecular complexity index is 3990. The summed E-state index contributed by atoms with van der Waals surface area (Å²) >= 11 is 0. The van der Waals surface area contributed by atoms with Crippen LogP contribution in [0.15, 0.2) is 285 Å². The van der Waals surface area contributed by atoms with E-state index in [4.69, 9.17) is 0 Å². The van der Waals surface area contributed by atoms with Crippen molar-refractivity contribution in [1.82, 2.24) is 4.57 Å². The fourth-order valence-electron chi connectivity index (χ4n) is 12.0. The van der Waals surface area contributed by atoms with Gasteiger partial charge in [0.25, 0.3) is 0 Å². The van der Waals surface area contributed by atoms with E-state index in [-0.39, 0.29) is 0 Å². The zero-order valence-corrected chi connectivity index (χ0v) is 39.5. The quantitative estimate of drug-likeness (QED) is 0.143. The highest BCUT2D eigenvalue weighted by molar-refractivity contribution is 6.14. The standard InChI is InChI=1S/C69H47N3/c1-5-23-50(24-6-1)69(51-25-7-2-8-26-51)62-46-37-48-21-13-15-31-58(48)66(62)67-65(47-49-22-14-16-32-59(49)68(67)69)71(55-40-38-54(39-41-55)70(52-27-9-3-10-28-52)53-29-11-4-12-30-53)56-42-44-57(45-43-56)72-63-35-19-17-33-60(63)61-34-18-20-36-64(61)72/h1-47H. The fourth-order valence-corrected chi connectivity index (χ4v) is 12.0. The molecule has 1 heterocycles. The lowest BCUT2D eigenvalue weighted by atomic mass is 9.66. The lowest BCUT2D eigenvalue weighted by Crippen LogP contribution is -2.29. The van der Waals surface area contributed by atoms with Crippen molar-refractivity contribution >= 4 is 77.5 Å². The van der Waals surface area contributed by atoms with Crippen LogP contribution < -0.4 is 9.80 Å². The third-order valence-electron chi connectivity index (χ3n) is 15.0. The van der Waals surface area contributed by atoms with Crippen LogP contribution in [-0.4, -0.2) is 4.57 Å². The monoisotopic (exact) mass is 917 g/mol. The van der Waals surface area contributed by atoms with Gasteiger partial charge >= 0.3 is 0 Å². The van der Waals surface area contributed by atoms with Gasteiger partial charge in [-0.2, -0.15) is 0 Å². The highest BCUT2D eigenvalue weighted by Crippen LogP contribution is 2.63. The minimum Gasteiger partial charge on any atom is -0.311 e. The molecule has 0 atom stereocenters. The second-order valence-electron chi connectivity index (χ2n) is 18.8. The molecule has 0 N–H and O–H groups in total. The van der Waals surface area contributed by atoms with E-state index in [1.54, 1.807) is 0 Å². The maximum Gasteiger partial charge on any atom is 0.0720 e. The first-order valence-electron chi connectivity index (χ1n) is 24.8. The van der Waals surface area contributed by atoms with Crippen molar-refractivity contribution in [2.75, 3.05) is 9.80 Å². The van der Waals surface area contributed by atoms with Crippen LogP contribution in [0.4, 0.5) is 34.1 Å². The summed E-state index contributed by atoms with van der Waals surface area (Å²) in [5.41, 5.74) is 16.9. The number of hydrogen-bond donors (Lipinski definition) is 0. The first-order chi connectivity index (χ1) is 35.8. The Morgan fingerprint density at radius 1 is 0.292 bits per heavy atom. The number of aromatic nitrogens is 1. The number of nitrogens with zero attached hydrogens (tertiary/aromatic N) is 3. The van der Waals surface area contributed by atoms with E-state index in [1.165, 1.54) is 76.7 Å². The molecule has 0 aliphatic heterocycles. The van der Waals surface area contributed by atoms with Crippen LogP contribution in [0, 0.1) is 0 Å². The number of rotatable bonds is 9. The Hall–Kier alpha value is -9.44. The lowest BCUT2D eigenvalue weighted by Gasteiger charge is -2.35. The zero-order valence-electron chi connectivity index (χ0n) is 39.5. The molecule has 0 fully saturated rings. The van der Waals surface area contributed by atoms with Gasteiger partial charge in [0.05, 0.1) is 22.1 Å². The van der Waals surface area contributed by atoms with Gasteiger partial charge in [-0.25, -0.2) is 0 Å². The van der Waals surface area contributed by atoms with E-state index in [1.807, 2.05) is 0 Å². The van der Waals surface area contributed by atoms with Crippen LogP contribution in [-0.2, 0) is 5.41 Å². The number of para-hydroxylation sites is 4. The summed E-state index contributed by atoms with van der Waals surface area (Å²) in [6.45, 7) is 0. The smallest absolute Gasteiger partial charge is 0.0720 e. The second kappa shape index (κ2) is 16.9. The summed E-state index contributed by atoms with van der Waals surface area (Å²) in [5, 5.41) is 7.37. The summed E-state index contributed by atoms with van der Waals surface area (Å²) in [6.07, 6.45) is 0. The highest BCUT2D eigenvalue weighted by atomic mass is 15.2. The van der Waals surface area contributed by atoms with Crippen molar-refractivity contribution < 1.29 is 0 Å². The maximum atomic E-state index is 2.51. The van der Waals surface area contributed by atoms with E-state index >= 15 is 0 Å². The van der Waals surface area contributed by atoms with Crippen LogP contribution >= 0.6 is 0 Å². The minimum absolute atomic E-state index is 0.644. The summed E-state index contributed by atoms with van der Waals surface area (Å²) in [4.78, 5) is 4.84. The number of fused-ring (bicyclic) bond motifs is 10. The molecule has 14 rings (SSSR count). The van der Waals surface area contributed by atoms with Gasteiger partial charge in [0.1, 0.15) is 0 Å². The van der Waals surface area contributed by atoms with E-state index in [0.29, 0.717) is 0 Å². The number of hydrogen-bond acceptors (Lipinski definition) is 2. The molecule has 0 unspecified atom stereocenters. The van der Waals surface area contributed by atoms with Crippen molar-refractivity contribution in [3.8, 4) is 16.8 Å². The van der Waals surface area contributed by atoms with E-state index < -0.39 is 5.41 Å². The molecular formula is C69H47N3. The van der Waals surface area contributed by atoms with Crippen molar-refractivity contribution in [3.63, 3.8) is 0 Å². The molecule has 0 bridgehead atoms. The highest BCUT2D eigenvalue weighted by Gasteiger charge is 2.49. The third-order valence-corrected chi connectivity index (χ3v) is 15.0. The molecule has 13 aromatic rings. The number of anilines is 6. The Balaban J connectivity index is 1.07. The van der Waals surface area contributed by atoms with Crippen LogP contribution in [0.2, 0.25) is 0 Å². The molecular weight excluding hydrogens is 871 g/mol. The van der Waals surface area contributed by atoms with E-state index in [2.05, 4.69) is 299 Å². The predicted molar refractivity (Wildman–Crippen MR) is 302 cm³/mol. The molecule has 1 aliphatic rings. The molecule has 0 saturated heterocycles. The number of benzene rings is 12. The Kier molecular flexibility index (Phi) is 9.75. The molecule has 1 aliphatic carbocycles. The minimum atomic E-state index is -0.644. The first-order valence-corrected chi connectivity index (χ1v) is 24.8. The first kappa shape index (κ1) is 41.5. The lowest BCUT2D eigenvalue weighted by molar-refractivity contribution is 0.776. The molecule has 72 heavy (non-hydrogen) atoms. The molecule has 0 amide bonds. The average molecular weight is 918 g/mol. The molecule has 3 nitrogen and oxygen atoms in total. The molecule has 3 heteroatoms. The van der Waals surface area contributed by atoms with Gasteiger partial charge in [0.15, 0.2) is 0 Å². The second-order valence-corrected chi connectivity index (χ2v) is 18.8. The van der Waals surface area contributed by atoms with Crippen molar-refractivity contribution in [3.05, 3.63) is 307 Å². The maximum absolute atomic E-state index is 2.51. The van der Waals surface area contributed by atoms with Gasteiger partial charge in [-0.3, -0.25) is 0 Å². The van der Waals surface area contributed by atoms with Crippen LogP contribution in [0.25, 0.3) is 60.2 Å². The van der Waals surface area contributed by atoms with Crippen LogP contribution in [0.5, 0.6) is 0 Å². The van der Waals surface area contributed by atoms with Gasteiger partial charge in [-0.1, -0.05) is 194 Å². The van der Waals surface area contributed by atoms with Gasteiger partial charge in [-0.05, 0) is 140 Å². The normalized spacial score (nSPS) is 12.6.